The number of carbonyl (C=O) groups excluding carboxylic acids is 1. The van der Waals surface area contributed by atoms with Crippen LogP contribution in [-0.4, -0.2) is 36.3 Å². The summed E-state index contributed by atoms with van der Waals surface area (Å²) in [5.41, 5.74) is 4.80. The Labute approximate surface area is 176 Å². The third kappa shape index (κ3) is 3.35. The van der Waals surface area contributed by atoms with Gasteiger partial charge in [0.1, 0.15) is 5.52 Å². The van der Waals surface area contributed by atoms with Gasteiger partial charge in [-0.05, 0) is 32.0 Å². The van der Waals surface area contributed by atoms with Crippen molar-refractivity contribution in [2.45, 2.75) is 24.3 Å². The lowest BCUT2D eigenvalue weighted by Crippen LogP contribution is -2.23. The second kappa shape index (κ2) is 7.38. The van der Waals surface area contributed by atoms with Crippen LogP contribution in [0.2, 0.25) is 0 Å². The van der Waals surface area contributed by atoms with E-state index in [0.717, 1.165) is 38.7 Å². The molecule has 2 aromatic carbocycles. The number of nitrogens with one attached hydrogen (secondary N) is 2. The number of aromatic nitrogens is 5. The Morgan fingerprint density at radius 3 is 2.67 bits per heavy atom. The molecule has 0 aliphatic carbocycles. The highest BCUT2D eigenvalue weighted by Crippen LogP contribution is 2.27. The topological polar surface area (TPSA) is 96.5 Å². The monoisotopic (exact) mass is 414 g/mol. The molecule has 0 bridgehead atoms. The van der Waals surface area contributed by atoms with Crippen molar-refractivity contribution in [3.05, 3.63) is 60.3 Å². The SMILES string of the molecule is Cc1cc(NC(=O)C(C)Sc2nnc3c(n2)[nH]c2ccccc23)c2ccccc2n1. The fourth-order valence-corrected chi connectivity index (χ4v) is 4.13. The Morgan fingerprint density at radius 1 is 1.03 bits per heavy atom. The van der Waals surface area contributed by atoms with Crippen LogP contribution < -0.4 is 5.32 Å². The van der Waals surface area contributed by atoms with Crippen molar-refractivity contribution in [1.82, 2.24) is 25.1 Å². The van der Waals surface area contributed by atoms with Crippen LogP contribution in [0.25, 0.3) is 33.0 Å². The fraction of sp³-hybridized carbons (Fsp3) is 0.136. The first-order chi connectivity index (χ1) is 14.6. The number of rotatable bonds is 4. The van der Waals surface area contributed by atoms with Gasteiger partial charge in [-0.3, -0.25) is 9.78 Å². The predicted octanol–water partition coefficient (Wildman–Crippen LogP) is 4.48. The van der Waals surface area contributed by atoms with E-state index in [9.17, 15) is 4.79 Å². The lowest BCUT2D eigenvalue weighted by molar-refractivity contribution is -0.115. The van der Waals surface area contributed by atoms with E-state index in [4.69, 9.17) is 0 Å². The number of nitrogens with zero attached hydrogens (tertiary/aromatic N) is 4. The van der Waals surface area contributed by atoms with Crippen LogP contribution in [0.3, 0.4) is 0 Å². The molecule has 1 unspecified atom stereocenters. The second-order valence-electron chi connectivity index (χ2n) is 7.04. The number of carbonyl (C=O) groups is 1. The smallest absolute Gasteiger partial charge is 0.237 e. The lowest BCUT2D eigenvalue weighted by atomic mass is 10.1. The van der Waals surface area contributed by atoms with Gasteiger partial charge < -0.3 is 10.3 Å². The number of hydrogen-bond acceptors (Lipinski definition) is 6. The zero-order chi connectivity index (χ0) is 20.7. The third-order valence-corrected chi connectivity index (χ3v) is 5.81. The average Bonchev–Trinajstić information content (AvgIpc) is 3.11. The summed E-state index contributed by atoms with van der Waals surface area (Å²) in [4.78, 5) is 25.2. The molecule has 0 aliphatic heterocycles. The fourth-order valence-electron chi connectivity index (χ4n) is 3.41. The van der Waals surface area contributed by atoms with Crippen molar-refractivity contribution in [1.29, 1.82) is 0 Å². The maximum absolute atomic E-state index is 12.8. The summed E-state index contributed by atoms with van der Waals surface area (Å²) in [5.74, 6) is -0.129. The summed E-state index contributed by atoms with van der Waals surface area (Å²) >= 11 is 1.27. The number of aryl methyl sites for hydroxylation is 1. The molecule has 0 saturated carbocycles. The van der Waals surface area contributed by atoms with Crippen molar-refractivity contribution in [3.63, 3.8) is 0 Å². The highest BCUT2D eigenvalue weighted by Gasteiger charge is 2.19. The molecule has 3 aromatic heterocycles. The number of thioether (sulfide) groups is 1. The molecule has 2 N–H and O–H groups in total. The summed E-state index contributed by atoms with van der Waals surface area (Å²) in [6, 6.07) is 17.5. The number of aromatic amines is 1. The molecule has 0 aliphatic rings. The number of amides is 1. The van der Waals surface area contributed by atoms with Crippen molar-refractivity contribution in [2.75, 3.05) is 5.32 Å². The highest BCUT2D eigenvalue weighted by molar-refractivity contribution is 8.00. The number of H-pyrrole nitrogens is 1. The molecular formula is C22H18N6OS. The summed E-state index contributed by atoms with van der Waals surface area (Å²) in [7, 11) is 0. The van der Waals surface area contributed by atoms with Gasteiger partial charge in [0.15, 0.2) is 5.65 Å². The van der Waals surface area contributed by atoms with Gasteiger partial charge in [0, 0.05) is 22.0 Å². The molecule has 1 amide bonds. The Bertz CT molecular complexity index is 1410. The summed E-state index contributed by atoms with van der Waals surface area (Å²) < 4.78 is 0. The largest absolute Gasteiger partial charge is 0.338 e. The molecule has 3 heterocycles. The number of fused-ring (bicyclic) bond motifs is 4. The molecule has 0 saturated heterocycles. The van der Waals surface area contributed by atoms with Crippen LogP contribution in [0.15, 0.2) is 59.8 Å². The van der Waals surface area contributed by atoms with E-state index in [1.807, 2.05) is 68.4 Å². The Kier molecular flexibility index (Phi) is 4.55. The molecule has 30 heavy (non-hydrogen) atoms. The molecule has 8 heteroatoms. The van der Waals surface area contributed by atoms with Crippen LogP contribution in [0.4, 0.5) is 5.69 Å². The Morgan fingerprint density at radius 2 is 1.80 bits per heavy atom. The van der Waals surface area contributed by atoms with Gasteiger partial charge in [0.2, 0.25) is 11.1 Å². The van der Waals surface area contributed by atoms with Crippen molar-refractivity contribution >= 4 is 56.3 Å². The zero-order valence-corrected chi connectivity index (χ0v) is 17.2. The van der Waals surface area contributed by atoms with E-state index < -0.39 is 5.25 Å². The standard InChI is InChI=1S/C22H18N6OS/c1-12-11-18(14-7-3-5-9-16(14)23-12)25-21(29)13(2)30-22-26-20-19(27-28-22)15-8-4-6-10-17(15)24-20/h3-11,13H,1-2H3,(H,23,25,29)(H,24,26,28). The molecule has 0 radical (unpaired) electrons. The van der Waals surface area contributed by atoms with Gasteiger partial charge in [0.25, 0.3) is 0 Å². The van der Waals surface area contributed by atoms with E-state index >= 15 is 0 Å². The van der Waals surface area contributed by atoms with Gasteiger partial charge in [-0.1, -0.05) is 48.2 Å². The Balaban J connectivity index is 1.38. The second-order valence-corrected chi connectivity index (χ2v) is 8.35. The minimum absolute atomic E-state index is 0.129. The van der Waals surface area contributed by atoms with Gasteiger partial charge >= 0.3 is 0 Å². The maximum Gasteiger partial charge on any atom is 0.237 e. The van der Waals surface area contributed by atoms with Crippen LogP contribution in [0.1, 0.15) is 12.6 Å². The van der Waals surface area contributed by atoms with Crippen LogP contribution in [0.5, 0.6) is 0 Å². The van der Waals surface area contributed by atoms with Crippen molar-refractivity contribution < 1.29 is 4.79 Å². The van der Waals surface area contributed by atoms with Crippen molar-refractivity contribution in [2.24, 2.45) is 0 Å². The molecule has 5 rings (SSSR count). The van der Waals surface area contributed by atoms with E-state index in [0.29, 0.717) is 10.8 Å². The lowest BCUT2D eigenvalue weighted by Gasteiger charge is -2.13. The summed E-state index contributed by atoms with van der Waals surface area (Å²) in [6.07, 6.45) is 0. The first-order valence-corrected chi connectivity index (χ1v) is 10.4. The zero-order valence-electron chi connectivity index (χ0n) is 16.4. The van der Waals surface area contributed by atoms with Gasteiger partial charge in [-0.25, -0.2) is 4.98 Å². The van der Waals surface area contributed by atoms with E-state index in [2.05, 4.69) is 30.5 Å². The number of hydrogen-bond donors (Lipinski definition) is 2. The van der Waals surface area contributed by atoms with Gasteiger partial charge in [0.05, 0.1) is 16.5 Å². The minimum Gasteiger partial charge on any atom is -0.338 e. The number of anilines is 1. The van der Waals surface area contributed by atoms with Crippen molar-refractivity contribution in [3.8, 4) is 0 Å². The quantitative estimate of drug-likeness (QED) is 0.421. The molecule has 5 aromatic rings. The minimum atomic E-state index is -0.402. The maximum atomic E-state index is 12.8. The predicted molar refractivity (Wildman–Crippen MR) is 120 cm³/mol. The molecular weight excluding hydrogens is 396 g/mol. The number of pyridine rings is 1. The average molecular weight is 414 g/mol. The normalized spacial score (nSPS) is 12.5. The molecule has 0 fully saturated rings. The van der Waals surface area contributed by atoms with Crippen LogP contribution >= 0.6 is 11.8 Å². The molecule has 148 valence electrons. The van der Waals surface area contributed by atoms with E-state index in [-0.39, 0.29) is 5.91 Å². The van der Waals surface area contributed by atoms with Crippen LogP contribution in [0, 0.1) is 6.92 Å². The Hall–Kier alpha value is -3.52. The number of benzene rings is 2. The van der Waals surface area contributed by atoms with E-state index in [1.54, 1.807) is 0 Å². The number of para-hydroxylation sites is 2. The first-order valence-electron chi connectivity index (χ1n) is 9.53. The van der Waals surface area contributed by atoms with Gasteiger partial charge in [-0.2, -0.15) is 0 Å². The molecule has 1 atom stereocenters. The van der Waals surface area contributed by atoms with E-state index in [1.165, 1.54) is 11.8 Å². The highest BCUT2D eigenvalue weighted by atomic mass is 32.2. The first kappa shape index (κ1) is 18.5. The van der Waals surface area contributed by atoms with Gasteiger partial charge in [-0.15, -0.1) is 10.2 Å². The summed E-state index contributed by atoms with van der Waals surface area (Å²) in [6.45, 7) is 3.74. The third-order valence-electron chi connectivity index (χ3n) is 4.86. The molecule has 7 nitrogen and oxygen atoms in total. The van der Waals surface area contributed by atoms with Crippen LogP contribution in [-0.2, 0) is 4.79 Å². The molecule has 0 spiro atoms. The summed E-state index contributed by atoms with van der Waals surface area (Å²) in [5, 5.41) is 13.5.